The molecule has 2 aromatic rings. The SMILES string of the molecule is CNC(c1cc(Br)sc1C)c1c(F)c(F)c(F)c(F)c1F. The van der Waals surface area contributed by atoms with Crippen LogP contribution in [0.15, 0.2) is 9.85 Å². The highest BCUT2D eigenvalue weighted by atomic mass is 79.9. The Hall–Kier alpha value is -0.990. The molecular weight excluding hydrogens is 377 g/mol. The van der Waals surface area contributed by atoms with E-state index >= 15 is 0 Å². The zero-order chi connectivity index (χ0) is 15.9. The third kappa shape index (κ3) is 2.72. The lowest BCUT2D eigenvalue weighted by Gasteiger charge is -2.19. The van der Waals surface area contributed by atoms with Gasteiger partial charge in [0.2, 0.25) is 5.82 Å². The van der Waals surface area contributed by atoms with E-state index in [0.717, 1.165) is 0 Å². The molecule has 1 unspecified atom stereocenters. The molecule has 0 fully saturated rings. The first-order valence-corrected chi connectivity index (χ1v) is 7.35. The highest BCUT2D eigenvalue weighted by Crippen LogP contribution is 2.37. The Morgan fingerprint density at radius 3 is 1.86 bits per heavy atom. The van der Waals surface area contributed by atoms with Gasteiger partial charge in [0.15, 0.2) is 23.3 Å². The van der Waals surface area contributed by atoms with Crippen molar-refractivity contribution in [3.8, 4) is 0 Å². The zero-order valence-corrected chi connectivity index (χ0v) is 13.2. The van der Waals surface area contributed by atoms with E-state index in [1.54, 1.807) is 13.0 Å². The van der Waals surface area contributed by atoms with Gasteiger partial charge in [-0.2, -0.15) is 0 Å². The second-order valence-electron chi connectivity index (χ2n) is 4.27. The summed E-state index contributed by atoms with van der Waals surface area (Å²) >= 11 is 4.53. The van der Waals surface area contributed by atoms with Gasteiger partial charge in [0.1, 0.15) is 0 Å². The van der Waals surface area contributed by atoms with Gasteiger partial charge >= 0.3 is 0 Å². The molecular formula is C13H9BrF5NS. The van der Waals surface area contributed by atoms with Gasteiger partial charge in [0.25, 0.3) is 0 Å². The highest BCUT2D eigenvalue weighted by Gasteiger charge is 2.31. The number of rotatable bonds is 3. The third-order valence-electron chi connectivity index (χ3n) is 3.06. The van der Waals surface area contributed by atoms with Gasteiger partial charge in [-0.25, -0.2) is 22.0 Å². The van der Waals surface area contributed by atoms with Crippen LogP contribution in [0.2, 0.25) is 0 Å². The van der Waals surface area contributed by atoms with Gasteiger partial charge in [-0.3, -0.25) is 0 Å². The maximum absolute atomic E-state index is 13.9. The summed E-state index contributed by atoms with van der Waals surface area (Å²) in [7, 11) is 1.38. The Labute approximate surface area is 129 Å². The van der Waals surface area contributed by atoms with Crippen molar-refractivity contribution < 1.29 is 22.0 Å². The predicted molar refractivity (Wildman–Crippen MR) is 73.9 cm³/mol. The van der Waals surface area contributed by atoms with Crippen LogP contribution in [0, 0.1) is 36.0 Å². The first kappa shape index (κ1) is 16.4. The standard InChI is InChI=1S/C13H9BrF5NS/c1-4-5(3-6(14)21-4)13(20-2)7-8(15)10(17)12(19)11(18)9(7)16/h3,13,20H,1-2H3. The van der Waals surface area contributed by atoms with Crippen LogP contribution in [0.25, 0.3) is 0 Å². The summed E-state index contributed by atoms with van der Waals surface area (Å²) < 4.78 is 68.2. The van der Waals surface area contributed by atoms with Gasteiger partial charge in [0, 0.05) is 4.88 Å². The molecule has 0 aliphatic carbocycles. The van der Waals surface area contributed by atoms with E-state index in [9.17, 15) is 22.0 Å². The molecule has 8 heteroatoms. The van der Waals surface area contributed by atoms with E-state index in [0.29, 0.717) is 14.2 Å². The Morgan fingerprint density at radius 2 is 1.48 bits per heavy atom. The van der Waals surface area contributed by atoms with Crippen molar-refractivity contribution in [2.45, 2.75) is 13.0 Å². The van der Waals surface area contributed by atoms with E-state index < -0.39 is 40.7 Å². The average Bonchev–Trinajstić information content (AvgIpc) is 2.78. The summed E-state index contributed by atoms with van der Waals surface area (Å²) in [6.07, 6.45) is 0. The number of thiophene rings is 1. The lowest BCUT2D eigenvalue weighted by molar-refractivity contribution is 0.364. The second-order valence-corrected chi connectivity index (χ2v) is 6.90. The van der Waals surface area contributed by atoms with Crippen molar-refractivity contribution in [1.29, 1.82) is 0 Å². The number of aryl methyl sites for hydroxylation is 1. The van der Waals surface area contributed by atoms with Crippen LogP contribution < -0.4 is 5.32 Å². The molecule has 0 aliphatic heterocycles. The van der Waals surface area contributed by atoms with Crippen LogP contribution in [0.5, 0.6) is 0 Å². The van der Waals surface area contributed by atoms with E-state index in [-0.39, 0.29) is 0 Å². The van der Waals surface area contributed by atoms with Crippen molar-refractivity contribution in [1.82, 2.24) is 5.32 Å². The van der Waals surface area contributed by atoms with Gasteiger partial charge in [-0.05, 0) is 41.5 Å². The number of nitrogens with one attached hydrogen (secondary N) is 1. The molecule has 21 heavy (non-hydrogen) atoms. The summed E-state index contributed by atoms with van der Waals surface area (Å²) in [6, 6.07) is 0.441. The van der Waals surface area contributed by atoms with Crippen molar-refractivity contribution >= 4 is 27.3 Å². The van der Waals surface area contributed by atoms with Gasteiger partial charge in [-0.15, -0.1) is 11.3 Å². The normalized spacial score (nSPS) is 12.8. The minimum absolute atomic E-state index is 0.442. The van der Waals surface area contributed by atoms with Crippen molar-refractivity contribution in [3.63, 3.8) is 0 Å². The van der Waals surface area contributed by atoms with Gasteiger partial charge in [-0.1, -0.05) is 0 Å². The predicted octanol–water partition coefficient (Wildman–Crippen LogP) is 4.82. The molecule has 0 aliphatic rings. The maximum Gasteiger partial charge on any atom is 0.200 e. The van der Waals surface area contributed by atoms with Crippen LogP contribution in [0.4, 0.5) is 22.0 Å². The number of hydrogen-bond acceptors (Lipinski definition) is 2. The molecule has 1 N–H and O–H groups in total. The zero-order valence-electron chi connectivity index (χ0n) is 10.8. The first-order chi connectivity index (χ1) is 9.79. The smallest absolute Gasteiger partial charge is 0.200 e. The molecule has 0 radical (unpaired) electrons. The Bertz CT molecular complexity index is 671. The molecule has 1 heterocycles. The molecule has 1 aromatic carbocycles. The first-order valence-electron chi connectivity index (χ1n) is 5.74. The third-order valence-corrected chi connectivity index (χ3v) is 4.63. The molecule has 114 valence electrons. The van der Waals surface area contributed by atoms with Crippen molar-refractivity contribution in [2.75, 3.05) is 7.05 Å². The van der Waals surface area contributed by atoms with E-state index in [2.05, 4.69) is 21.2 Å². The number of hydrogen-bond donors (Lipinski definition) is 1. The molecule has 0 amide bonds. The fourth-order valence-electron chi connectivity index (χ4n) is 2.08. The lowest BCUT2D eigenvalue weighted by Crippen LogP contribution is -2.22. The van der Waals surface area contributed by atoms with Gasteiger partial charge in [0.05, 0.1) is 15.4 Å². The molecule has 1 nitrogen and oxygen atoms in total. The Balaban J connectivity index is 2.72. The molecule has 1 atom stereocenters. The topological polar surface area (TPSA) is 12.0 Å². The quantitative estimate of drug-likeness (QED) is 0.453. The Morgan fingerprint density at radius 1 is 1.00 bits per heavy atom. The molecule has 0 spiro atoms. The molecule has 0 saturated carbocycles. The lowest BCUT2D eigenvalue weighted by atomic mass is 9.98. The minimum Gasteiger partial charge on any atom is -0.309 e. The summed E-state index contributed by atoms with van der Waals surface area (Å²) in [5.41, 5.74) is -0.445. The van der Waals surface area contributed by atoms with E-state index in [4.69, 9.17) is 0 Å². The fraction of sp³-hybridized carbons (Fsp3) is 0.231. The van der Waals surface area contributed by atoms with Crippen LogP contribution in [0.1, 0.15) is 22.0 Å². The van der Waals surface area contributed by atoms with Crippen molar-refractivity contribution in [3.05, 3.63) is 54.9 Å². The summed E-state index contributed by atoms with van der Waals surface area (Å²) in [5.74, 6) is -9.71. The minimum atomic E-state index is -2.16. The maximum atomic E-state index is 13.9. The molecule has 0 bridgehead atoms. The molecule has 2 rings (SSSR count). The monoisotopic (exact) mass is 385 g/mol. The number of benzene rings is 1. The summed E-state index contributed by atoms with van der Waals surface area (Å²) in [6.45, 7) is 1.70. The van der Waals surface area contributed by atoms with Crippen LogP contribution >= 0.6 is 27.3 Å². The second kappa shape index (κ2) is 6.02. The molecule has 0 saturated heterocycles. The average molecular weight is 386 g/mol. The highest BCUT2D eigenvalue weighted by molar-refractivity contribution is 9.11. The van der Waals surface area contributed by atoms with E-state index in [1.807, 2.05) is 0 Å². The largest absolute Gasteiger partial charge is 0.309 e. The molecule has 1 aromatic heterocycles. The van der Waals surface area contributed by atoms with Crippen LogP contribution in [0.3, 0.4) is 0 Å². The van der Waals surface area contributed by atoms with Crippen LogP contribution in [-0.4, -0.2) is 7.05 Å². The van der Waals surface area contributed by atoms with Gasteiger partial charge < -0.3 is 5.32 Å². The summed E-state index contributed by atoms with van der Waals surface area (Å²) in [4.78, 5) is 0.699. The fourth-order valence-corrected chi connectivity index (χ4v) is 3.82. The van der Waals surface area contributed by atoms with Crippen LogP contribution in [-0.2, 0) is 0 Å². The van der Waals surface area contributed by atoms with E-state index in [1.165, 1.54) is 18.4 Å². The summed E-state index contributed by atoms with van der Waals surface area (Å²) in [5, 5.41) is 2.59. The number of halogens is 6. The van der Waals surface area contributed by atoms with Crippen molar-refractivity contribution in [2.24, 2.45) is 0 Å². The Kier molecular flexibility index (Phi) is 4.69.